The van der Waals surface area contributed by atoms with Gasteiger partial charge < -0.3 is 0 Å². The summed E-state index contributed by atoms with van der Waals surface area (Å²) < 4.78 is 1.31. The number of aromatic nitrogens is 2. The molecule has 1 aromatic heterocycles. The molecule has 0 radical (unpaired) electrons. The molecule has 31 heavy (non-hydrogen) atoms. The predicted molar refractivity (Wildman–Crippen MR) is 121 cm³/mol. The number of halogens is 2. The lowest BCUT2D eigenvalue weighted by molar-refractivity contribution is -0.121. The number of fused-ring (bicyclic) bond motifs is 1. The molecule has 2 amide bonds. The van der Waals surface area contributed by atoms with Crippen molar-refractivity contribution in [3.8, 4) is 0 Å². The molecule has 0 bridgehead atoms. The topological polar surface area (TPSA) is 93.1 Å². The molecule has 2 aromatic carbocycles. The van der Waals surface area contributed by atoms with Crippen molar-refractivity contribution >= 4 is 45.8 Å². The van der Waals surface area contributed by atoms with Crippen molar-refractivity contribution in [3.63, 3.8) is 0 Å². The van der Waals surface area contributed by atoms with E-state index in [0.717, 1.165) is 19.3 Å². The summed E-state index contributed by atoms with van der Waals surface area (Å²) in [6.07, 6.45) is 2.69. The summed E-state index contributed by atoms with van der Waals surface area (Å²) in [6, 6.07) is 11.6. The van der Waals surface area contributed by atoms with Crippen LogP contribution < -0.4 is 16.4 Å². The van der Waals surface area contributed by atoms with E-state index in [1.807, 2.05) is 0 Å². The van der Waals surface area contributed by atoms with Gasteiger partial charge in [0.05, 0.1) is 11.8 Å². The van der Waals surface area contributed by atoms with E-state index in [4.69, 9.17) is 23.2 Å². The van der Waals surface area contributed by atoms with Crippen LogP contribution in [0.4, 0.5) is 0 Å². The second-order valence-corrected chi connectivity index (χ2v) is 7.89. The monoisotopic (exact) mass is 460 g/mol. The molecular weight excluding hydrogens is 439 g/mol. The van der Waals surface area contributed by atoms with Crippen LogP contribution in [-0.2, 0) is 17.8 Å². The number of carbonyl (C=O) groups excluding carboxylic acids is 2. The molecule has 0 fully saturated rings. The Morgan fingerprint density at radius 2 is 1.77 bits per heavy atom. The molecule has 0 spiro atoms. The van der Waals surface area contributed by atoms with Crippen LogP contribution in [0.25, 0.3) is 10.8 Å². The number of nitrogens with zero attached hydrogens (tertiary/aromatic N) is 2. The quantitative estimate of drug-likeness (QED) is 0.412. The fraction of sp³-hybridized carbons (Fsp3) is 0.273. The van der Waals surface area contributed by atoms with Gasteiger partial charge in [-0.25, -0.2) is 4.68 Å². The zero-order chi connectivity index (χ0) is 22.4. The fourth-order valence-corrected chi connectivity index (χ4v) is 3.61. The average molecular weight is 461 g/mol. The number of hydrazine groups is 1. The van der Waals surface area contributed by atoms with Gasteiger partial charge in [0, 0.05) is 22.0 Å². The van der Waals surface area contributed by atoms with E-state index in [-0.39, 0.29) is 17.7 Å². The molecule has 0 saturated heterocycles. The Hall–Kier alpha value is -2.90. The fourth-order valence-electron chi connectivity index (χ4n) is 3.13. The van der Waals surface area contributed by atoms with E-state index >= 15 is 0 Å². The smallest absolute Gasteiger partial charge is 0.273 e. The van der Waals surface area contributed by atoms with Gasteiger partial charge in [-0.15, -0.1) is 0 Å². The van der Waals surface area contributed by atoms with Crippen molar-refractivity contribution in [1.29, 1.82) is 0 Å². The minimum Gasteiger partial charge on any atom is -0.273 e. The molecule has 0 atom stereocenters. The molecule has 0 aliphatic heterocycles. The maximum Gasteiger partial charge on any atom is 0.290 e. The first-order valence-corrected chi connectivity index (χ1v) is 10.7. The van der Waals surface area contributed by atoms with Crippen LogP contribution in [0.1, 0.15) is 42.2 Å². The number of aryl methyl sites for hydroxylation is 1. The Kier molecular flexibility index (Phi) is 7.65. The van der Waals surface area contributed by atoms with Gasteiger partial charge in [0.25, 0.3) is 11.5 Å². The number of unbranched alkanes of at least 4 members (excludes halogenated alkanes) is 2. The summed E-state index contributed by atoms with van der Waals surface area (Å²) >= 11 is 12.0. The summed E-state index contributed by atoms with van der Waals surface area (Å²) in [7, 11) is 0. The Balaban J connectivity index is 1.77. The van der Waals surface area contributed by atoms with Crippen molar-refractivity contribution in [2.24, 2.45) is 0 Å². The molecule has 1 heterocycles. The minimum absolute atomic E-state index is 0.0407. The molecule has 3 rings (SSSR count). The Bertz CT molecular complexity index is 1180. The second kappa shape index (κ2) is 10.4. The molecule has 0 saturated carbocycles. The van der Waals surface area contributed by atoms with E-state index in [1.165, 1.54) is 4.68 Å². The molecular formula is C22H22Cl2N4O3. The number of hydrogen-bond acceptors (Lipinski definition) is 4. The van der Waals surface area contributed by atoms with Gasteiger partial charge in [-0.3, -0.25) is 25.2 Å². The zero-order valence-corrected chi connectivity index (χ0v) is 18.5. The van der Waals surface area contributed by atoms with Gasteiger partial charge in [-0.1, -0.05) is 67.2 Å². The zero-order valence-electron chi connectivity index (χ0n) is 17.0. The van der Waals surface area contributed by atoms with Gasteiger partial charge in [-0.05, 0) is 30.2 Å². The van der Waals surface area contributed by atoms with Crippen LogP contribution in [0.5, 0.6) is 0 Å². The maximum atomic E-state index is 12.8. The van der Waals surface area contributed by atoms with E-state index in [0.29, 0.717) is 32.9 Å². The van der Waals surface area contributed by atoms with Crippen LogP contribution in [0.3, 0.4) is 0 Å². The number of amides is 2. The third kappa shape index (κ3) is 5.62. The van der Waals surface area contributed by atoms with Crippen molar-refractivity contribution < 1.29 is 9.59 Å². The van der Waals surface area contributed by atoms with E-state index in [2.05, 4.69) is 22.9 Å². The number of hydrogen-bond donors (Lipinski definition) is 2. The summed E-state index contributed by atoms with van der Waals surface area (Å²) in [4.78, 5) is 37.7. The highest BCUT2D eigenvalue weighted by molar-refractivity contribution is 6.35. The Labute approximate surface area is 189 Å². The molecule has 7 nitrogen and oxygen atoms in total. The third-order valence-electron chi connectivity index (χ3n) is 4.74. The van der Waals surface area contributed by atoms with Gasteiger partial charge in [0.2, 0.25) is 5.91 Å². The summed E-state index contributed by atoms with van der Waals surface area (Å²) in [5.41, 5.74) is 5.13. The van der Waals surface area contributed by atoms with Crippen LogP contribution in [0, 0.1) is 0 Å². The number of nitrogens with one attached hydrogen (secondary N) is 2. The summed E-state index contributed by atoms with van der Waals surface area (Å²) in [6.45, 7) is 2.48. The van der Waals surface area contributed by atoms with Crippen LogP contribution in [0.2, 0.25) is 10.0 Å². The van der Waals surface area contributed by atoms with Crippen LogP contribution >= 0.6 is 23.2 Å². The molecule has 2 N–H and O–H groups in total. The second-order valence-electron chi connectivity index (χ2n) is 7.04. The lowest BCUT2D eigenvalue weighted by Gasteiger charge is -2.12. The Morgan fingerprint density at radius 1 is 1.03 bits per heavy atom. The number of benzene rings is 2. The van der Waals surface area contributed by atoms with Gasteiger partial charge in [0.1, 0.15) is 0 Å². The van der Waals surface area contributed by atoms with Crippen molar-refractivity contribution in [1.82, 2.24) is 20.6 Å². The number of carbonyl (C=O) groups is 2. The van der Waals surface area contributed by atoms with Crippen molar-refractivity contribution in [2.75, 3.05) is 0 Å². The normalized spacial score (nSPS) is 10.8. The minimum atomic E-state index is -0.615. The lowest BCUT2D eigenvalue weighted by Crippen LogP contribution is -2.43. The molecule has 0 aliphatic rings. The standard InChI is InChI=1S/C22H22Cl2N4O3/c1-2-3-6-11-28-22(31)17-8-5-4-7-16(17)20(27-28)21(30)26-25-19(29)12-14-9-10-15(23)13-18(14)24/h4-5,7-10,13H,2-3,6,11-12H2,1H3,(H,25,29)(H,26,30). The van der Waals surface area contributed by atoms with Gasteiger partial charge >= 0.3 is 0 Å². The predicted octanol–water partition coefficient (Wildman–Crippen LogP) is 3.90. The van der Waals surface area contributed by atoms with Crippen LogP contribution in [-0.4, -0.2) is 21.6 Å². The Morgan fingerprint density at radius 3 is 2.48 bits per heavy atom. The molecule has 3 aromatic rings. The SMILES string of the molecule is CCCCCn1nc(C(=O)NNC(=O)Cc2ccc(Cl)cc2Cl)c2ccccc2c1=O. The summed E-state index contributed by atoms with van der Waals surface area (Å²) in [5.74, 6) is -1.07. The summed E-state index contributed by atoms with van der Waals surface area (Å²) in [5, 5.41) is 5.92. The van der Waals surface area contributed by atoms with Gasteiger partial charge in [-0.2, -0.15) is 5.10 Å². The molecule has 162 valence electrons. The lowest BCUT2D eigenvalue weighted by atomic mass is 10.1. The highest BCUT2D eigenvalue weighted by Crippen LogP contribution is 2.21. The van der Waals surface area contributed by atoms with E-state index in [9.17, 15) is 14.4 Å². The molecule has 0 unspecified atom stereocenters. The third-order valence-corrected chi connectivity index (χ3v) is 5.32. The van der Waals surface area contributed by atoms with Crippen molar-refractivity contribution in [3.05, 3.63) is 74.1 Å². The van der Waals surface area contributed by atoms with Gasteiger partial charge in [0.15, 0.2) is 5.69 Å². The first-order chi connectivity index (χ1) is 14.9. The highest BCUT2D eigenvalue weighted by atomic mass is 35.5. The largest absolute Gasteiger partial charge is 0.290 e. The number of rotatable bonds is 7. The highest BCUT2D eigenvalue weighted by Gasteiger charge is 2.17. The maximum absolute atomic E-state index is 12.8. The average Bonchev–Trinajstić information content (AvgIpc) is 2.76. The molecule has 0 aliphatic carbocycles. The van der Waals surface area contributed by atoms with Crippen LogP contribution in [0.15, 0.2) is 47.3 Å². The molecule has 9 heteroatoms. The van der Waals surface area contributed by atoms with Crippen molar-refractivity contribution in [2.45, 2.75) is 39.2 Å². The first kappa shape index (κ1) is 22.8. The first-order valence-electron chi connectivity index (χ1n) is 9.93. The van der Waals surface area contributed by atoms with E-state index < -0.39 is 11.8 Å². The van der Waals surface area contributed by atoms with E-state index in [1.54, 1.807) is 42.5 Å².